The van der Waals surface area contributed by atoms with Crippen molar-refractivity contribution in [2.24, 2.45) is 0 Å². The molecule has 0 spiro atoms. The van der Waals surface area contributed by atoms with Crippen LogP contribution in [0.2, 0.25) is 0 Å². The third-order valence-corrected chi connectivity index (χ3v) is 4.22. The number of nitrogens with one attached hydrogen (secondary N) is 3. The van der Waals surface area contributed by atoms with E-state index in [0.717, 1.165) is 23.4 Å². The molecule has 2 amide bonds. The van der Waals surface area contributed by atoms with Crippen LogP contribution in [-0.2, 0) is 13.0 Å². The predicted octanol–water partition coefficient (Wildman–Crippen LogP) is 2.43. The number of amides is 2. The van der Waals surface area contributed by atoms with Gasteiger partial charge in [-0.15, -0.1) is 0 Å². The first-order valence-corrected chi connectivity index (χ1v) is 8.07. The Morgan fingerprint density at radius 2 is 2.16 bits per heavy atom. The number of urea groups is 1. The van der Waals surface area contributed by atoms with Gasteiger partial charge in [0.2, 0.25) is 0 Å². The van der Waals surface area contributed by atoms with E-state index >= 15 is 0 Å². The number of halogens is 1. The Labute approximate surface area is 144 Å². The molecule has 0 unspecified atom stereocenters. The number of likely N-dealkylation sites (N-methyl/N-ethyl adjacent to an activating group) is 1. The third-order valence-electron chi connectivity index (χ3n) is 4.22. The highest BCUT2D eigenvalue weighted by Gasteiger charge is 2.12. The first-order chi connectivity index (χ1) is 11.9. The van der Waals surface area contributed by atoms with Gasteiger partial charge in [0.25, 0.3) is 0 Å². The van der Waals surface area contributed by atoms with Gasteiger partial charge in [0.1, 0.15) is 11.6 Å². The van der Waals surface area contributed by atoms with Crippen LogP contribution in [0.4, 0.5) is 9.18 Å². The highest BCUT2D eigenvalue weighted by atomic mass is 19.1. The second kappa shape index (κ2) is 6.92. The molecule has 8 heteroatoms. The van der Waals surface area contributed by atoms with Crippen molar-refractivity contribution in [1.29, 1.82) is 0 Å². The molecular formula is C17H21FN6O. The number of carbonyl (C=O) groups excluding carboxylic acids is 1. The van der Waals surface area contributed by atoms with Crippen LogP contribution in [0, 0.1) is 19.7 Å². The van der Waals surface area contributed by atoms with Crippen molar-refractivity contribution in [3.8, 4) is 0 Å². The zero-order chi connectivity index (χ0) is 18.0. The first kappa shape index (κ1) is 16.9. The average Bonchev–Trinajstić information content (AvgIpc) is 3.13. The van der Waals surface area contributed by atoms with Crippen LogP contribution in [0.5, 0.6) is 0 Å². The zero-order valence-corrected chi connectivity index (χ0v) is 14.5. The molecule has 0 atom stereocenters. The largest absolute Gasteiger partial charge is 0.340 e. The highest BCUT2D eigenvalue weighted by molar-refractivity contribution is 5.76. The van der Waals surface area contributed by atoms with Crippen molar-refractivity contribution in [3.05, 3.63) is 46.8 Å². The molecule has 3 rings (SSSR count). The van der Waals surface area contributed by atoms with Crippen molar-refractivity contribution in [3.63, 3.8) is 0 Å². The number of hydrogen-bond donors (Lipinski definition) is 3. The molecule has 25 heavy (non-hydrogen) atoms. The average molecular weight is 344 g/mol. The summed E-state index contributed by atoms with van der Waals surface area (Å²) >= 11 is 0. The fourth-order valence-corrected chi connectivity index (χ4v) is 2.74. The Morgan fingerprint density at radius 3 is 2.88 bits per heavy atom. The second-order valence-corrected chi connectivity index (χ2v) is 6.09. The number of nitrogens with zero attached hydrogens (tertiary/aromatic N) is 3. The number of benzene rings is 1. The van der Waals surface area contributed by atoms with Gasteiger partial charge in [0.15, 0.2) is 0 Å². The quantitative estimate of drug-likeness (QED) is 0.664. The lowest BCUT2D eigenvalue weighted by Gasteiger charge is -2.17. The van der Waals surface area contributed by atoms with Crippen LogP contribution in [0.25, 0.3) is 11.0 Å². The Bertz CT molecular complexity index is 880. The number of rotatable bonds is 5. The number of aromatic nitrogens is 4. The Kier molecular flexibility index (Phi) is 4.69. The van der Waals surface area contributed by atoms with Crippen molar-refractivity contribution in [2.45, 2.75) is 26.8 Å². The SMILES string of the molecule is Cc1n[nH]c(C)c1CCN(C)C(=O)NCc1nc2ccc(F)cc2[nH]1. The van der Waals surface area contributed by atoms with Crippen LogP contribution in [-0.4, -0.2) is 44.7 Å². The molecule has 2 aromatic heterocycles. The molecule has 0 fully saturated rings. The van der Waals surface area contributed by atoms with Gasteiger partial charge in [-0.25, -0.2) is 14.2 Å². The van der Waals surface area contributed by atoms with E-state index in [1.54, 1.807) is 18.0 Å². The number of carbonyl (C=O) groups is 1. The molecule has 2 heterocycles. The summed E-state index contributed by atoms with van der Waals surface area (Å²) in [5.74, 6) is 0.264. The van der Waals surface area contributed by atoms with Gasteiger partial charge in [-0.05, 0) is 44.0 Å². The minimum absolute atomic E-state index is 0.189. The molecule has 0 aliphatic heterocycles. The predicted molar refractivity (Wildman–Crippen MR) is 92.7 cm³/mol. The molecule has 132 valence electrons. The maximum Gasteiger partial charge on any atom is 0.317 e. The van der Waals surface area contributed by atoms with E-state index in [1.807, 2.05) is 13.8 Å². The summed E-state index contributed by atoms with van der Waals surface area (Å²) in [7, 11) is 1.74. The Hall–Kier alpha value is -2.90. The second-order valence-electron chi connectivity index (χ2n) is 6.09. The smallest absolute Gasteiger partial charge is 0.317 e. The molecule has 3 aromatic rings. The molecule has 0 saturated heterocycles. The lowest BCUT2D eigenvalue weighted by Crippen LogP contribution is -2.38. The third kappa shape index (κ3) is 3.78. The van der Waals surface area contributed by atoms with Gasteiger partial charge < -0.3 is 15.2 Å². The van der Waals surface area contributed by atoms with E-state index in [0.29, 0.717) is 23.4 Å². The number of aromatic amines is 2. The van der Waals surface area contributed by atoms with E-state index in [4.69, 9.17) is 0 Å². The fraction of sp³-hybridized carbons (Fsp3) is 0.353. The Morgan fingerprint density at radius 1 is 1.36 bits per heavy atom. The van der Waals surface area contributed by atoms with E-state index < -0.39 is 0 Å². The van der Waals surface area contributed by atoms with Crippen molar-refractivity contribution in [1.82, 2.24) is 30.4 Å². The topological polar surface area (TPSA) is 89.7 Å². The van der Waals surface area contributed by atoms with Crippen molar-refractivity contribution in [2.75, 3.05) is 13.6 Å². The summed E-state index contributed by atoms with van der Waals surface area (Å²) < 4.78 is 13.2. The van der Waals surface area contributed by atoms with Crippen LogP contribution >= 0.6 is 0 Å². The lowest BCUT2D eigenvalue weighted by molar-refractivity contribution is 0.208. The molecule has 0 saturated carbocycles. The number of aryl methyl sites for hydroxylation is 2. The van der Waals surface area contributed by atoms with E-state index in [9.17, 15) is 9.18 Å². The van der Waals surface area contributed by atoms with Crippen LogP contribution in [0.1, 0.15) is 22.8 Å². The van der Waals surface area contributed by atoms with Crippen LogP contribution in [0.3, 0.4) is 0 Å². The van der Waals surface area contributed by atoms with Crippen LogP contribution in [0.15, 0.2) is 18.2 Å². The summed E-state index contributed by atoms with van der Waals surface area (Å²) in [6.45, 7) is 4.75. The van der Waals surface area contributed by atoms with E-state index in [2.05, 4.69) is 25.5 Å². The standard InChI is InChI=1S/C17H21FN6O/c1-10-13(11(2)23-22-10)6-7-24(3)17(25)19-9-16-20-14-5-4-12(18)8-15(14)21-16/h4-5,8H,6-7,9H2,1-3H3,(H,19,25)(H,20,21)(H,22,23). The summed E-state index contributed by atoms with van der Waals surface area (Å²) in [6.07, 6.45) is 0.738. The molecule has 0 aliphatic carbocycles. The summed E-state index contributed by atoms with van der Waals surface area (Å²) in [6, 6.07) is 4.16. The van der Waals surface area contributed by atoms with Gasteiger partial charge >= 0.3 is 6.03 Å². The zero-order valence-electron chi connectivity index (χ0n) is 14.5. The summed E-state index contributed by atoms with van der Waals surface area (Å²) in [5, 5.41) is 9.91. The van der Waals surface area contributed by atoms with E-state index in [1.165, 1.54) is 12.1 Å². The van der Waals surface area contributed by atoms with Gasteiger partial charge in [-0.3, -0.25) is 5.10 Å². The first-order valence-electron chi connectivity index (χ1n) is 8.07. The monoisotopic (exact) mass is 344 g/mol. The maximum atomic E-state index is 13.2. The molecule has 7 nitrogen and oxygen atoms in total. The number of imidazole rings is 1. The number of fused-ring (bicyclic) bond motifs is 1. The molecule has 0 bridgehead atoms. The molecule has 0 radical (unpaired) electrons. The molecule has 3 N–H and O–H groups in total. The Balaban J connectivity index is 1.54. The lowest BCUT2D eigenvalue weighted by atomic mass is 10.1. The molecule has 1 aromatic carbocycles. The minimum Gasteiger partial charge on any atom is -0.340 e. The highest BCUT2D eigenvalue weighted by Crippen LogP contribution is 2.13. The van der Waals surface area contributed by atoms with Gasteiger partial charge in [0, 0.05) is 19.3 Å². The summed E-state index contributed by atoms with van der Waals surface area (Å²) in [4.78, 5) is 21.2. The number of H-pyrrole nitrogens is 2. The summed E-state index contributed by atoms with van der Waals surface area (Å²) in [5.41, 5.74) is 4.41. The normalized spacial score (nSPS) is 11.0. The van der Waals surface area contributed by atoms with Gasteiger partial charge in [0.05, 0.1) is 23.3 Å². The van der Waals surface area contributed by atoms with Crippen molar-refractivity contribution < 1.29 is 9.18 Å². The number of hydrogen-bond acceptors (Lipinski definition) is 3. The van der Waals surface area contributed by atoms with Crippen molar-refractivity contribution >= 4 is 17.1 Å². The maximum absolute atomic E-state index is 13.2. The fourth-order valence-electron chi connectivity index (χ4n) is 2.74. The van der Waals surface area contributed by atoms with Gasteiger partial charge in [-0.2, -0.15) is 5.10 Å². The van der Waals surface area contributed by atoms with Crippen LogP contribution < -0.4 is 5.32 Å². The van der Waals surface area contributed by atoms with Gasteiger partial charge in [-0.1, -0.05) is 0 Å². The van der Waals surface area contributed by atoms with E-state index in [-0.39, 0.29) is 18.4 Å². The minimum atomic E-state index is -0.323. The molecular weight excluding hydrogens is 323 g/mol. The molecule has 0 aliphatic rings.